The van der Waals surface area contributed by atoms with Gasteiger partial charge >= 0.3 is 6.09 Å². The van der Waals surface area contributed by atoms with Crippen molar-refractivity contribution >= 4 is 39.5 Å². The van der Waals surface area contributed by atoms with Crippen LogP contribution in [0.4, 0.5) is 15.1 Å². The lowest BCUT2D eigenvalue weighted by molar-refractivity contribution is 0.0526. The number of halogens is 1. The number of hydrogen-bond donors (Lipinski definition) is 3. The first kappa shape index (κ1) is 23.3. The lowest BCUT2D eigenvalue weighted by atomic mass is 10.1. The van der Waals surface area contributed by atoms with E-state index in [-0.39, 0.29) is 30.8 Å². The molecule has 0 unspecified atom stereocenters. The van der Waals surface area contributed by atoms with Gasteiger partial charge in [-0.25, -0.2) is 19.2 Å². The molecule has 3 heterocycles. The number of amides is 2. The zero-order valence-electron chi connectivity index (χ0n) is 18.2. The van der Waals surface area contributed by atoms with Crippen molar-refractivity contribution in [1.29, 1.82) is 0 Å². The summed E-state index contributed by atoms with van der Waals surface area (Å²) in [6.07, 6.45) is 2.13. The SMILES string of the molecule is C[C@H](Nc1nc(C(=O)NCCNC(=O)OC(C)(C)C)c2sccc2n1)c1cncc(F)c1. The number of nitrogens with zero attached hydrogens (tertiary/aromatic N) is 3. The molecule has 0 bridgehead atoms. The first-order chi connectivity index (χ1) is 15.1. The third-order valence-corrected chi connectivity index (χ3v) is 5.08. The smallest absolute Gasteiger partial charge is 0.407 e. The molecule has 0 aliphatic rings. The quantitative estimate of drug-likeness (QED) is 0.461. The van der Waals surface area contributed by atoms with E-state index in [4.69, 9.17) is 4.74 Å². The number of pyridine rings is 1. The van der Waals surface area contributed by atoms with Crippen molar-refractivity contribution < 1.29 is 18.7 Å². The summed E-state index contributed by atoms with van der Waals surface area (Å²) < 4.78 is 19.3. The fourth-order valence-electron chi connectivity index (χ4n) is 2.76. The number of fused-ring (bicyclic) bond motifs is 1. The van der Waals surface area contributed by atoms with Gasteiger partial charge in [-0.3, -0.25) is 9.78 Å². The summed E-state index contributed by atoms with van der Waals surface area (Å²) in [4.78, 5) is 37.1. The monoisotopic (exact) mass is 460 g/mol. The molecule has 0 aliphatic carbocycles. The molecule has 3 aromatic heterocycles. The highest BCUT2D eigenvalue weighted by atomic mass is 32.1. The summed E-state index contributed by atoms with van der Waals surface area (Å²) in [5, 5.41) is 10.2. The van der Waals surface area contributed by atoms with Crippen LogP contribution in [-0.2, 0) is 4.74 Å². The molecule has 11 heteroatoms. The predicted molar refractivity (Wildman–Crippen MR) is 120 cm³/mol. The summed E-state index contributed by atoms with van der Waals surface area (Å²) in [6, 6.07) is 2.84. The molecule has 1 atom stereocenters. The van der Waals surface area contributed by atoms with Crippen molar-refractivity contribution in [3.8, 4) is 0 Å². The minimum absolute atomic E-state index is 0.197. The van der Waals surface area contributed by atoms with Gasteiger partial charge in [0.25, 0.3) is 5.91 Å². The normalized spacial score (nSPS) is 12.3. The Bertz CT molecular complexity index is 1110. The second kappa shape index (κ2) is 9.86. The van der Waals surface area contributed by atoms with Gasteiger partial charge < -0.3 is 20.7 Å². The highest BCUT2D eigenvalue weighted by Gasteiger charge is 2.18. The number of rotatable bonds is 7. The largest absolute Gasteiger partial charge is 0.444 e. The van der Waals surface area contributed by atoms with E-state index in [1.807, 2.05) is 12.3 Å². The lowest BCUT2D eigenvalue weighted by Crippen LogP contribution is -2.38. The van der Waals surface area contributed by atoms with Crippen molar-refractivity contribution in [2.24, 2.45) is 0 Å². The Hall–Kier alpha value is -3.34. The highest BCUT2D eigenvalue weighted by molar-refractivity contribution is 7.17. The number of nitrogens with one attached hydrogen (secondary N) is 3. The van der Waals surface area contributed by atoms with Crippen LogP contribution in [0.1, 0.15) is 49.8 Å². The van der Waals surface area contributed by atoms with Gasteiger partial charge in [0.2, 0.25) is 5.95 Å². The number of carbonyl (C=O) groups is 2. The molecular weight excluding hydrogens is 435 g/mol. The molecule has 2 amide bonds. The topological polar surface area (TPSA) is 118 Å². The standard InChI is InChI=1S/C21H25FN6O3S/c1-12(13-9-14(22)11-23-10-13)26-19-27-15-5-8-32-17(15)16(28-19)18(29)24-6-7-25-20(30)31-21(2,3)4/h5,8-12H,6-7H2,1-4H3,(H,24,29)(H,25,30)(H,26,27,28)/t12-/m0/s1. The maximum Gasteiger partial charge on any atom is 0.407 e. The van der Waals surface area contributed by atoms with Crippen LogP contribution in [0.2, 0.25) is 0 Å². The third kappa shape index (κ3) is 6.33. The lowest BCUT2D eigenvalue weighted by Gasteiger charge is -2.19. The molecule has 0 fully saturated rings. The van der Waals surface area contributed by atoms with Gasteiger partial charge in [-0.2, -0.15) is 0 Å². The number of ether oxygens (including phenoxy) is 1. The average molecular weight is 461 g/mol. The molecule has 0 saturated heterocycles. The Morgan fingerprint density at radius 2 is 1.94 bits per heavy atom. The van der Waals surface area contributed by atoms with Crippen molar-refractivity contribution in [2.45, 2.75) is 39.3 Å². The number of hydrogen-bond acceptors (Lipinski definition) is 8. The molecule has 0 radical (unpaired) electrons. The number of anilines is 1. The highest BCUT2D eigenvalue weighted by Crippen LogP contribution is 2.25. The Balaban J connectivity index is 1.66. The summed E-state index contributed by atoms with van der Waals surface area (Å²) in [5.41, 5.74) is 0.864. The molecule has 32 heavy (non-hydrogen) atoms. The van der Waals surface area contributed by atoms with E-state index >= 15 is 0 Å². The molecule has 3 aromatic rings. The van der Waals surface area contributed by atoms with Gasteiger partial charge in [-0.1, -0.05) is 0 Å². The van der Waals surface area contributed by atoms with E-state index in [0.29, 0.717) is 15.8 Å². The number of aromatic nitrogens is 3. The van der Waals surface area contributed by atoms with Crippen molar-refractivity contribution in [3.05, 3.63) is 47.0 Å². The molecule has 0 aromatic carbocycles. The molecule has 170 valence electrons. The van der Waals surface area contributed by atoms with E-state index in [1.54, 1.807) is 33.0 Å². The minimum atomic E-state index is -0.596. The van der Waals surface area contributed by atoms with Crippen LogP contribution in [0.3, 0.4) is 0 Å². The molecule has 0 aliphatic heterocycles. The summed E-state index contributed by atoms with van der Waals surface area (Å²) >= 11 is 1.36. The van der Waals surface area contributed by atoms with Crippen molar-refractivity contribution in [1.82, 2.24) is 25.6 Å². The van der Waals surface area contributed by atoms with Crippen LogP contribution in [0, 0.1) is 5.82 Å². The number of carbonyl (C=O) groups excluding carboxylic acids is 2. The summed E-state index contributed by atoms with van der Waals surface area (Å²) in [6.45, 7) is 7.53. The Morgan fingerprint density at radius 1 is 1.19 bits per heavy atom. The van der Waals surface area contributed by atoms with Gasteiger partial charge in [0, 0.05) is 19.3 Å². The van der Waals surface area contributed by atoms with Gasteiger partial charge in [-0.15, -0.1) is 11.3 Å². The van der Waals surface area contributed by atoms with Crippen LogP contribution in [0.15, 0.2) is 29.9 Å². The van der Waals surface area contributed by atoms with E-state index < -0.39 is 23.4 Å². The van der Waals surface area contributed by atoms with Gasteiger partial charge in [0.1, 0.15) is 11.4 Å². The maximum atomic E-state index is 13.5. The van der Waals surface area contributed by atoms with Crippen molar-refractivity contribution in [3.63, 3.8) is 0 Å². The molecule has 3 N–H and O–H groups in total. The fourth-order valence-corrected chi connectivity index (χ4v) is 3.58. The second-order valence-corrected chi connectivity index (χ2v) is 8.93. The molecule has 3 rings (SSSR count). The summed E-state index contributed by atoms with van der Waals surface area (Å²) in [5.74, 6) is -0.593. The predicted octanol–water partition coefficient (Wildman–Crippen LogP) is 3.65. The maximum absolute atomic E-state index is 13.5. The number of alkyl carbamates (subject to hydrolysis) is 1. The molecule has 0 spiro atoms. The van der Waals surface area contributed by atoms with Gasteiger partial charge in [-0.05, 0) is 50.8 Å². The Kier molecular flexibility index (Phi) is 7.18. The fraction of sp³-hybridized carbons (Fsp3) is 0.381. The van der Waals surface area contributed by atoms with Crippen LogP contribution in [0.5, 0.6) is 0 Å². The summed E-state index contributed by atoms with van der Waals surface area (Å²) in [7, 11) is 0. The van der Waals surface area contributed by atoms with E-state index in [0.717, 1.165) is 6.20 Å². The third-order valence-electron chi connectivity index (χ3n) is 4.17. The van der Waals surface area contributed by atoms with E-state index in [1.165, 1.54) is 17.4 Å². The van der Waals surface area contributed by atoms with E-state index in [9.17, 15) is 14.0 Å². The van der Waals surface area contributed by atoms with Crippen LogP contribution in [-0.4, -0.2) is 45.6 Å². The zero-order chi connectivity index (χ0) is 23.3. The average Bonchev–Trinajstić information content (AvgIpc) is 3.17. The Labute approximate surface area is 188 Å². The van der Waals surface area contributed by atoms with Gasteiger partial charge in [0.15, 0.2) is 5.69 Å². The molecular formula is C21H25FN6O3S. The van der Waals surface area contributed by atoms with Crippen LogP contribution >= 0.6 is 11.3 Å². The second-order valence-electron chi connectivity index (χ2n) is 8.02. The first-order valence-corrected chi connectivity index (χ1v) is 10.9. The molecule has 9 nitrogen and oxygen atoms in total. The molecule has 0 saturated carbocycles. The van der Waals surface area contributed by atoms with Crippen LogP contribution < -0.4 is 16.0 Å². The van der Waals surface area contributed by atoms with Crippen LogP contribution in [0.25, 0.3) is 10.2 Å². The van der Waals surface area contributed by atoms with Crippen molar-refractivity contribution in [2.75, 3.05) is 18.4 Å². The Morgan fingerprint density at radius 3 is 2.66 bits per heavy atom. The first-order valence-electron chi connectivity index (χ1n) is 9.99. The minimum Gasteiger partial charge on any atom is -0.444 e. The van der Waals surface area contributed by atoms with E-state index in [2.05, 4.69) is 30.9 Å². The zero-order valence-corrected chi connectivity index (χ0v) is 19.0. The van der Waals surface area contributed by atoms with Gasteiger partial charge in [0.05, 0.1) is 22.5 Å². The number of thiophene rings is 1.